The van der Waals surface area contributed by atoms with Crippen molar-refractivity contribution in [3.8, 4) is 0 Å². The predicted octanol–water partition coefficient (Wildman–Crippen LogP) is -1.41. The molecule has 5 heteroatoms. The van der Waals surface area contributed by atoms with Gasteiger partial charge in [0.25, 0.3) is 0 Å². The highest BCUT2D eigenvalue weighted by atomic mass is 16.8. The summed E-state index contributed by atoms with van der Waals surface area (Å²) in [4.78, 5) is 4.44. The summed E-state index contributed by atoms with van der Waals surface area (Å²) < 4.78 is 0. The van der Waals surface area contributed by atoms with E-state index in [-0.39, 0.29) is 5.90 Å². The first-order valence-electron chi connectivity index (χ1n) is 1.83. The van der Waals surface area contributed by atoms with E-state index in [1.54, 1.807) is 0 Å². The lowest BCUT2D eigenvalue weighted by Gasteiger charge is -2.01. The predicted molar refractivity (Wildman–Crippen MR) is 22.8 cm³/mol. The highest BCUT2D eigenvalue weighted by Gasteiger charge is 2.11. The molecule has 7 heavy (non-hydrogen) atoms. The van der Waals surface area contributed by atoms with Crippen molar-refractivity contribution in [3.05, 3.63) is 0 Å². The van der Waals surface area contributed by atoms with Crippen LogP contribution in [0.3, 0.4) is 0 Å². The van der Waals surface area contributed by atoms with E-state index in [0.717, 1.165) is 5.28 Å². The fraction of sp³-hybridized carbons (Fsp3) is 0.500. The van der Waals surface area contributed by atoms with E-state index in [2.05, 4.69) is 10.3 Å². The fourth-order valence-corrected chi connectivity index (χ4v) is 0.333. The minimum Gasteiger partial charge on any atom is -0.359 e. The van der Waals surface area contributed by atoms with E-state index >= 15 is 0 Å². The third-order valence-corrected chi connectivity index (χ3v) is 0.604. The Bertz CT molecular complexity index is 91.7. The van der Waals surface area contributed by atoms with Crippen LogP contribution in [0.5, 0.6) is 0 Å². The summed E-state index contributed by atoms with van der Waals surface area (Å²) in [6.45, 7) is 0.385. The van der Waals surface area contributed by atoms with Crippen molar-refractivity contribution in [2.75, 3.05) is 6.54 Å². The summed E-state index contributed by atoms with van der Waals surface area (Å²) >= 11 is 0. The Kier molecular flexibility index (Phi) is 0.935. The summed E-state index contributed by atoms with van der Waals surface area (Å²) in [6.07, 6.45) is 0. The molecule has 4 N–H and O–H groups in total. The van der Waals surface area contributed by atoms with Crippen LogP contribution in [0.15, 0.2) is 0 Å². The average Bonchev–Trinajstić information content (AvgIpc) is 1.87. The van der Waals surface area contributed by atoms with Crippen molar-refractivity contribution < 1.29 is 4.84 Å². The standard InChI is InChI=1S/C2H6N4O/c3-2-1-5-6(4)7-2/h3,5H,1,4H2. The average molecular weight is 102 g/mol. The Morgan fingerprint density at radius 2 is 2.71 bits per heavy atom. The first-order valence-corrected chi connectivity index (χ1v) is 1.83. The molecule has 0 aromatic rings. The first-order chi connectivity index (χ1) is 3.29. The minimum atomic E-state index is 0.141. The summed E-state index contributed by atoms with van der Waals surface area (Å²) in [5, 5.41) is 7.68. The molecule has 0 saturated carbocycles. The molecule has 0 unspecified atom stereocenters. The molecule has 0 aromatic carbocycles. The quantitative estimate of drug-likeness (QED) is 0.328. The van der Waals surface area contributed by atoms with Crippen LogP contribution in [-0.4, -0.2) is 17.7 Å². The Labute approximate surface area is 40.4 Å². The molecule has 5 nitrogen and oxygen atoms in total. The molecule has 1 saturated heterocycles. The van der Waals surface area contributed by atoms with Gasteiger partial charge < -0.3 is 4.84 Å². The molecule has 1 aliphatic heterocycles. The summed E-state index contributed by atoms with van der Waals surface area (Å²) in [5.74, 6) is 5.13. The second-order valence-corrected chi connectivity index (χ2v) is 1.18. The number of nitrogens with two attached hydrogens (primary N) is 1. The maximum atomic E-state index is 6.77. The molecule has 0 aliphatic carbocycles. The number of rotatable bonds is 0. The lowest BCUT2D eigenvalue weighted by atomic mass is 10.7. The highest BCUT2D eigenvalue weighted by Crippen LogP contribution is 1.85. The maximum absolute atomic E-state index is 6.77. The molecular formula is C2H6N4O. The van der Waals surface area contributed by atoms with Gasteiger partial charge in [-0.15, -0.1) is 0 Å². The van der Waals surface area contributed by atoms with Gasteiger partial charge in [-0.3, -0.25) is 5.41 Å². The maximum Gasteiger partial charge on any atom is 0.226 e. The zero-order chi connectivity index (χ0) is 5.28. The fourth-order valence-electron chi connectivity index (χ4n) is 0.333. The minimum absolute atomic E-state index is 0.141. The largest absolute Gasteiger partial charge is 0.359 e. The van der Waals surface area contributed by atoms with Crippen LogP contribution in [0, 0.1) is 5.41 Å². The number of hydrogen-bond acceptors (Lipinski definition) is 5. The van der Waals surface area contributed by atoms with Gasteiger partial charge in [-0.1, -0.05) is 0 Å². The third-order valence-electron chi connectivity index (χ3n) is 0.604. The van der Waals surface area contributed by atoms with Crippen molar-refractivity contribution in [3.63, 3.8) is 0 Å². The molecule has 40 valence electrons. The summed E-state index contributed by atoms with van der Waals surface area (Å²) in [6, 6.07) is 0. The van der Waals surface area contributed by atoms with Crippen molar-refractivity contribution in [2.45, 2.75) is 0 Å². The number of hydrazine groups is 2. The Morgan fingerprint density at radius 3 is 2.86 bits per heavy atom. The normalized spacial score (nSPS) is 22.7. The van der Waals surface area contributed by atoms with Crippen molar-refractivity contribution in [2.24, 2.45) is 5.84 Å². The second kappa shape index (κ2) is 1.45. The summed E-state index contributed by atoms with van der Waals surface area (Å²) in [5.41, 5.74) is 2.53. The number of nitrogens with one attached hydrogen (secondary N) is 2. The van der Waals surface area contributed by atoms with E-state index in [9.17, 15) is 0 Å². The van der Waals surface area contributed by atoms with Crippen molar-refractivity contribution >= 4 is 5.90 Å². The molecular weight excluding hydrogens is 96.0 g/mol. The van der Waals surface area contributed by atoms with E-state index < -0.39 is 0 Å². The zero-order valence-corrected chi connectivity index (χ0v) is 3.64. The van der Waals surface area contributed by atoms with E-state index in [4.69, 9.17) is 11.3 Å². The van der Waals surface area contributed by atoms with Gasteiger partial charge in [0.2, 0.25) is 5.90 Å². The molecule has 0 radical (unpaired) electrons. The molecule has 0 bridgehead atoms. The van der Waals surface area contributed by atoms with Crippen molar-refractivity contribution in [1.29, 1.82) is 5.41 Å². The van der Waals surface area contributed by atoms with Crippen LogP contribution in [0.25, 0.3) is 0 Å². The Hall–Kier alpha value is -0.650. The zero-order valence-electron chi connectivity index (χ0n) is 3.64. The molecule has 0 aromatic heterocycles. The third kappa shape index (κ3) is 0.861. The van der Waals surface area contributed by atoms with Gasteiger partial charge in [0.05, 0.1) is 6.54 Å². The summed E-state index contributed by atoms with van der Waals surface area (Å²) in [7, 11) is 0. The number of nitrogens with zero attached hydrogens (tertiary/aromatic N) is 1. The van der Waals surface area contributed by atoms with Crippen LogP contribution in [0.4, 0.5) is 0 Å². The van der Waals surface area contributed by atoms with Crippen LogP contribution in [0.1, 0.15) is 0 Å². The van der Waals surface area contributed by atoms with Gasteiger partial charge in [0.15, 0.2) is 0 Å². The Morgan fingerprint density at radius 1 is 2.00 bits per heavy atom. The first kappa shape index (κ1) is 4.51. The second-order valence-electron chi connectivity index (χ2n) is 1.18. The Balaban J connectivity index is 2.40. The van der Waals surface area contributed by atoms with Gasteiger partial charge in [0.1, 0.15) is 0 Å². The van der Waals surface area contributed by atoms with Crippen LogP contribution in [-0.2, 0) is 4.84 Å². The number of hydrogen-bond donors (Lipinski definition) is 3. The molecule has 0 amide bonds. The van der Waals surface area contributed by atoms with E-state index in [0.29, 0.717) is 6.54 Å². The van der Waals surface area contributed by atoms with Gasteiger partial charge in [0, 0.05) is 0 Å². The molecule has 1 fully saturated rings. The molecule has 1 rings (SSSR count). The van der Waals surface area contributed by atoms with Gasteiger partial charge in [-0.25, -0.2) is 5.84 Å². The van der Waals surface area contributed by atoms with Crippen LogP contribution in [0.2, 0.25) is 0 Å². The molecule has 1 aliphatic rings. The highest BCUT2D eigenvalue weighted by molar-refractivity contribution is 5.75. The van der Waals surface area contributed by atoms with Gasteiger partial charge >= 0.3 is 0 Å². The topological polar surface area (TPSA) is 74.4 Å². The van der Waals surface area contributed by atoms with Gasteiger partial charge in [-0.2, -0.15) is 5.43 Å². The van der Waals surface area contributed by atoms with Crippen LogP contribution < -0.4 is 11.3 Å². The molecule has 1 heterocycles. The molecule has 0 atom stereocenters. The monoisotopic (exact) mass is 102 g/mol. The van der Waals surface area contributed by atoms with Crippen LogP contribution >= 0.6 is 0 Å². The lowest BCUT2D eigenvalue weighted by molar-refractivity contribution is -0.0873. The SMILES string of the molecule is N=C1CNN(N)O1. The van der Waals surface area contributed by atoms with E-state index in [1.165, 1.54) is 0 Å². The smallest absolute Gasteiger partial charge is 0.226 e. The lowest BCUT2D eigenvalue weighted by Crippen LogP contribution is -2.35. The van der Waals surface area contributed by atoms with Crippen molar-refractivity contribution in [1.82, 2.24) is 10.7 Å². The van der Waals surface area contributed by atoms with E-state index in [1.807, 2.05) is 0 Å². The van der Waals surface area contributed by atoms with Gasteiger partial charge in [-0.05, 0) is 5.28 Å². The molecule has 0 spiro atoms.